The summed E-state index contributed by atoms with van der Waals surface area (Å²) < 4.78 is 0. The van der Waals surface area contributed by atoms with Crippen LogP contribution in [-0.2, 0) is 0 Å². The van der Waals surface area contributed by atoms with Gasteiger partial charge in [0.25, 0.3) is 11.6 Å². The summed E-state index contributed by atoms with van der Waals surface area (Å²) in [5, 5.41) is 14.2. The lowest BCUT2D eigenvalue weighted by Crippen LogP contribution is -2.12. The summed E-state index contributed by atoms with van der Waals surface area (Å²) in [6.45, 7) is 3.83. The fourth-order valence-electron chi connectivity index (χ4n) is 2.28. The van der Waals surface area contributed by atoms with Crippen molar-refractivity contribution in [2.75, 3.05) is 11.1 Å². The molecule has 122 valence electrons. The first-order valence-corrected chi connectivity index (χ1v) is 7.90. The van der Waals surface area contributed by atoms with Crippen LogP contribution in [0.4, 0.5) is 17.1 Å². The summed E-state index contributed by atoms with van der Waals surface area (Å²) in [4.78, 5) is 28.3. The number of pyridine rings is 1. The molecule has 0 saturated carbocycles. The van der Waals surface area contributed by atoms with Crippen LogP contribution in [0.25, 0.3) is 10.2 Å². The number of carbonyl (C=O) groups excluding carboxylic acids is 1. The predicted octanol–water partition coefficient (Wildman–Crippen LogP) is 3.66. The average Bonchev–Trinajstić information content (AvgIpc) is 2.85. The number of nitrogen functional groups attached to an aromatic ring is 1. The lowest BCUT2D eigenvalue weighted by molar-refractivity contribution is -0.384. The summed E-state index contributed by atoms with van der Waals surface area (Å²) >= 11 is 1.20. The summed E-state index contributed by atoms with van der Waals surface area (Å²) in [5.74, 6) is -0.411. The van der Waals surface area contributed by atoms with E-state index >= 15 is 0 Å². The topological polar surface area (TPSA) is 111 Å². The van der Waals surface area contributed by atoms with E-state index in [0.29, 0.717) is 21.1 Å². The number of aromatic nitrogens is 1. The van der Waals surface area contributed by atoms with Crippen molar-refractivity contribution in [3.05, 3.63) is 56.6 Å². The maximum atomic E-state index is 12.5. The molecule has 0 saturated heterocycles. The number of nitrogens with zero attached hydrogens (tertiary/aromatic N) is 2. The number of amides is 1. The lowest BCUT2D eigenvalue weighted by Gasteiger charge is -2.04. The number of nitro groups is 1. The van der Waals surface area contributed by atoms with Gasteiger partial charge in [-0.25, -0.2) is 4.98 Å². The molecule has 1 aromatic carbocycles. The molecule has 1 amide bonds. The minimum atomic E-state index is -0.515. The summed E-state index contributed by atoms with van der Waals surface area (Å²) in [5.41, 5.74) is 8.59. The number of nitro benzene ring substituents is 1. The Morgan fingerprint density at radius 3 is 2.79 bits per heavy atom. The Kier molecular flexibility index (Phi) is 3.90. The minimum absolute atomic E-state index is 0.0926. The number of aryl methyl sites for hydroxylation is 2. The van der Waals surface area contributed by atoms with E-state index in [-0.39, 0.29) is 5.69 Å². The van der Waals surface area contributed by atoms with Crippen molar-refractivity contribution < 1.29 is 9.72 Å². The molecule has 0 aliphatic carbocycles. The second-order valence-electron chi connectivity index (χ2n) is 5.35. The Labute approximate surface area is 141 Å². The van der Waals surface area contributed by atoms with Crippen molar-refractivity contribution in [3.63, 3.8) is 0 Å². The third-order valence-corrected chi connectivity index (χ3v) is 4.80. The van der Waals surface area contributed by atoms with Crippen LogP contribution in [0.5, 0.6) is 0 Å². The molecule has 7 nitrogen and oxygen atoms in total. The molecule has 0 fully saturated rings. The van der Waals surface area contributed by atoms with Gasteiger partial charge in [0.2, 0.25) is 0 Å². The van der Waals surface area contributed by atoms with Crippen LogP contribution in [0.3, 0.4) is 0 Å². The van der Waals surface area contributed by atoms with Crippen LogP contribution in [0.1, 0.15) is 20.9 Å². The third-order valence-electron chi connectivity index (χ3n) is 3.69. The molecule has 0 bridgehead atoms. The highest BCUT2D eigenvalue weighted by Crippen LogP contribution is 2.34. The van der Waals surface area contributed by atoms with Gasteiger partial charge in [-0.2, -0.15) is 0 Å². The van der Waals surface area contributed by atoms with Gasteiger partial charge in [-0.1, -0.05) is 6.07 Å². The number of fused-ring (bicyclic) bond motifs is 1. The van der Waals surface area contributed by atoms with Crippen molar-refractivity contribution in [2.45, 2.75) is 13.8 Å². The Bertz CT molecular complexity index is 981. The van der Waals surface area contributed by atoms with Crippen LogP contribution >= 0.6 is 11.3 Å². The van der Waals surface area contributed by atoms with E-state index in [9.17, 15) is 14.9 Å². The van der Waals surface area contributed by atoms with E-state index in [1.165, 1.54) is 29.5 Å². The van der Waals surface area contributed by atoms with Crippen LogP contribution in [-0.4, -0.2) is 15.8 Å². The van der Waals surface area contributed by atoms with E-state index in [1.807, 2.05) is 19.9 Å². The minimum Gasteiger partial charge on any atom is -0.397 e. The highest BCUT2D eigenvalue weighted by molar-refractivity contribution is 7.21. The van der Waals surface area contributed by atoms with E-state index in [2.05, 4.69) is 10.3 Å². The fraction of sp³-hybridized carbons (Fsp3) is 0.125. The zero-order valence-corrected chi connectivity index (χ0v) is 13.8. The van der Waals surface area contributed by atoms with Crippen LogP contribution in [0.2, 0.25) is 0 Å². The first-order valence-electron chi connectivity index (χ1n) is 7.09. The van der Waals surface area contributed by atoms with Gasteiger partial charge in [0.15, 0.2) is 0 Å². The van der Waals surface area contributed by atoms with Gasteiger partial charge < -0.3 is 11.1 Å². The quantitative estimate of drug-likeness (QED) is 0.557. The molecule has 3 aromatic rings. The summed E-state index contributed by atoms with van der Waals surface area (Å²) in [6.07, 6.45) is 0. The van der Waals surface area contributed by atoms with Crippen LogP contribution < -0.4 is 11.1 Å². The van der Waals surface area contributed by atoms with E-state index in [1.54, 1.807) is 6.07 Å². The number of anilines is 2. The molecule has 24 heavy (non-hydrogen) atoms. The van der Waals surface area contributed by atoms with Crippen LogP contribution in [0, 0.1) is 24.0 Å². The van der Waals surface area contributed by atoms with Crippen molar-refractivity contribution in [1.82, 2.24) is 4.98 Å². The van der Waals surface area contributed by atoms with Gasteiger partial charge >= 0.3 is 0 Å². The Hall–Kier alpha value is -3.00. The maximum Gasteiger partial charge on any atom is 0.271 e. The second-order valence-corrected chi connectivity index (χ2v) is 6.35. The zero-order valence-electron chi connectivity index (χ0n) is 13.0. The van der Waals surface area contributed by atoms with Crippen molar-refractivity contribution in [2.24, 2.45) is 0 Å². The standard InChI is InChI=1S/C16H14N4O3S/c1-8-6-12-13(17)14(24-16(12)18-9(8)2)15(21)19-10-4-3-5-11(7-10)20(22)23/h3-7H,17H2,1-2H3,(H,19,21). The molecular weight excluding hydrogens is 328 g/mol. The number of carbonyl (C=O) groups is 1. The number of hydrogen-bond acceptors (Lipinski definition) is 6. The fourth-order valence-corrected chi connectivity index (χ4v) is 3.30. The normalized spacial score (nSPS) is 10.8. The molecule has 2 heterocycles. The van der Waals surface area contributed by atoms with Gasteiger partial charge in [-0.15, -0.1) is 11.3 Å². The number of nitrogens with one attached hydrogen (secondary N) is 1. The summed E-state index contributed by atoms with van der Waals surface area (Å²) in [7, 11) is 0. The molecule has 3 N–H and O–H groups in total. The van der Waals surface area contributed by atoms with Crippen molar-refractivity contribution in [3.8, 4) is 0 Å². The monoisotopic (exact) mass is 342 g/mol. The summed E-state index contributed by atoms with van der Waals surface area (Å²) in [6, 6.07) is 7.66. The number of non-ortho nitro benzene ring substituents is 1. The predicted molar refractivity (Wildman–Crippen MR) is 94.6 cm³/mol. The average molecular weight is 342 g/mol. The highest BCUT2D eigenvalue weighted by atomic mass is 32.1. The number of nitrogens with two attached hydrogens (primary N) is 1. The van der Waals surface area contributed by atoms with Crippen molar-refractivity contribution in [1.29, 1.82) is 0 Å². The van der Waals surface area contributed by atoms with Crippen molar-refractivity contribution >= 4 is 44.5 Å². The zero-order chi connectivity index (χ0) is 17.4. The molecule has 8 heteroatoms. The smallest absolute Gasteiger partial charge is 0.271 e. The molecule has 0 spiro atoms. The Morgan fingerprint density at radius 1 is 1.33 bits per heavy atom. The first-order chi connectivity index (χ1) is 11.4. The van der Waals surface area contributed by atoms with E-state index in [4.69, 9.17) is 5.73 Å². The number of thiophene rings is 1. The van der Waals surface area contributed by atoms with Gasteiger partial charge in [0.1, 0.15) is 9.71 Å². The first kappa shape index (κ1) is 15.9. The molecular formula is C16H14N4O3S. The second kappa shape index (κ2) is 5.89. The lowest BCUT2D eigenvalue weighted by atomic mass is 10.1. The maximum absolute atomic E-state index is 12.5. The SMILES string of the molecule is Cc1cc2c(N)c(C(=O)Nc3cccc([N+](=O)[O-])c3)sc2nc1C. The number of hydrogen-bond donors (Lipinski definition) is 2. The van der Waals surface area contributed by atoms with Crippen LogP contribution in [0.15, 0.2) is 30.3 Å². The number of benzene rings is 1. The van der Waals surface area contributed by atoms with Gasteiger partial charge in [0, 0.05) is 28.9 Å². The van der Waals surface area contributed by atoms with Gasteiger partial charge in [0.05, 0.1) is 10.6 Å². The Morgan fingerprint density at radius 2 is 2.08 bits per heavy atom. The Balaban J connectivity index is 1.96. The highest BCUT2D eigenvalue weighted by Gasteiger charge is 2.18. The third kappa shape index (κ3) is 2.79. The molecule has 0 radical (unpaired) electrons. The molecule has 0 aliphatic heterocycles. The van der Waals surface area contributed by atoms with Gasteiger partial charge in [-0.3, -0.25) is 14.9 Å². The molecule has 3 rings (SSSR count). The number of rotatable bonds is 3. The largest absolute Gasteiger partial charge is 0.397 e. The van der Waals surface area contributed by atoms with Gasteiger partial charge in [-0.05, 0) is 31.5 Å². The molecule has 0 unspecified atom stereocenters. The molecule has 0 aliphatic rings. The van der Waals surface area contributed by atoms with E-state index < -0.39 is 10.8 Å². The van der Waals surface area contributed by atoms with E-state index in [0.717, 1.165) is 16.6 Å². The molecule has 0 atom stereocenters. The molecule has 2 aromatic heterocycles.